The first-order valence-electron chi connectivity index (χ1n) is 6.24. The highest BCUT2D eigenvalue weighted by atomic mass is 16.5. The maximum atomic E-state index is 10.5. The summed E-state index contributed by atoms with van der Waals surface area (Å²) < 4.78 is 5.18. The third kappa shape index (κ3) is 2.32. The summed E-state index contributed by atoms with van der Waals surface area (Å²) in [6, 6.07) is 6.62. The summed E-state index contributed by atoms with van der Waals surface area (Å²) in [6.45, 7) is 1.45. The van der Waals surface area contributed by atoms with Crippen LogP contribution < -0.4 is 5.32 Å². The maximum absolute atomic E-state index is 10.5. The van der Waals surface area contributed by atoms with Gasteiger partial charge >= 0.3 is 0 Å². The van der Waals surface area contributed by atoms with Crippen molar-refractivity contribution in [1.29, 1.82) is 0 Å². The topological polar surface area (TPSA) is 91.4 Å². The van der Waals surface area contributed by atoms with Crippen molar-refractivity contribution >= 4 is 0 Å². The van der Waals surface area contributed by atoms with Crippen LogP contribution in [-0.2, 0) is 5.60 Å². The molecule has 2 heterocycles. The minimum Gasteiger partial charge on any atom is -0.508 e. The van der Waals surface area contributed by atoms with Gasteiger partial charge in [0, 0.05) is 5.56 Å². The fraction of sp³-hybridized carbons (Fsp3) is 0.385. The van der Waals surface area contributed by atoms with E-state index >= 15 is 0 Å². The van der Waals surface area contributed by atoms with E-state index in [1.165, 1.54) is 0 Å². The summed E-state index contributed by atoms with van der Waals surface area (Å²) in [5.74, 6) is 0.759. The molecule has 0 aliphatic carbocycles. The average molecular weight is 261 g/mol. The molecule has 6 nitrogen and oxygen atoms in total. The van der Waals surface area contributed by atoms with Crippen LogP contribution in [-0.4, -0.2) is 33.4 Å². The lowest BCUT2D eigenvalue weighted by atomic mass is 9.92. The van der Waals surface area contributed by atoms with Crippen LogP contribution >= 0.6 is 0 Å². The lowest BCUT2D eigenvalue weighted by Gasteiger charge is -2.28. The predicted octanol–water partition coefficient (Wildman–Crippen LogP) is 1.01. The van der Waals surface area contributed by atoms with Crippen LogP contribution in [0.2, 0.25) is 0 Å². The molecule has 19 heavy (non-hydrogen) atoms. The molecule has 100 valence electrons. The largest absolute Gasteiger partial charge is 0.508 e. The maximum Gasteiger partial charge on any atom is 0.259 e. The number of hydrogen-bond donors (Lipinski definition) is 3. The minimum absolute atomic E-state index is 0.143. The lowest BCUT2D eigenvalue weighted by Crippen LogP contribution is -2.39. The van der Waals surface area contributed by atoms with Crippen LogP contribution in [0.5, 0.6) is 5.75 Å². The van der Waals surface area contributed by atoms with Gasteiger partial charge in [0.15, 0.2) is 0 Å². The molecule has 0 saturated carbocycles. The summed E-state index contributed by atoms with van der Waals surface area (Å²) in [7, 11) is 0. The van der Waals surface area contributed by atoms with Crippen LogP contribution in [0.4, 0.5) is 0 Å². The van der Waals surface area contributed by atoms with Crippen LogP contribution in [0, 0.1) is 0 Å². The number of aromatic hydroxyl groups is 1. The standard InChI is InChI=1S/C13H15N3O3/c17-10-3-1-2-9(8-10)11-15-12(19-16-11)13(18)4-6-14-7-5-13/h1-3,8,14,17-18H,4-7H2. The number of nitrogens with one attached hydrogen (secondary N) is 1. The number of nitrogens with zero attached hydrogens (tertiary/aromatic N) is 2. The Labute approximate surface area is 110 Å². The molecule has 1 aliphatic heterocycles. The highest BCUT2D eigenvalue weighted by Crippen LogP contribution is 2.30. The van der Waals surface area contributed by atoms with Crippen molar-refractivity contribution in [3.63, 3.8) is 0 Å². The third-order valence-electron chi connectivity index (χ3n) is 3.36. The zero-order valence-electron chi connectivity index (χ0n) is 10.3. The smallest absolute Gasteiger partial charge is 0.259 e. The van der Waals surface area contributed by atoms with E-state index in [1.807, 2.05) is 0 Å². The van der Waals surface area contributed by atoms with Gasteiger partial charge in [-0.1, -0.05) is 17.3 Å². The Balaban J connectivity index is 1.91. The first-order valence-corrected chi connectivity index (χ1v) is 6.24. The van der Waals surface area contributed by atoms with E-state index in [2.05, 4.69) is 15.5 Å². The van der Waals surface area contributed by atoms with E-state index in [9.17, 15) is 10.2 Å². The molecule has 1 aliphatic rings. The fourth-order valence-corrected chi connectivity index (χ4v) is 2.23. The van der Waals surface area contributed by atoms with E-state index in [0.717, 1.165) is 13.1 Å². The van der Waals surface area contributed by atoms with Crippen LogP contribution in [0.1, 0.15) is 18.7 Å². The first kappa shape index (κ1) is 12.1. The summed E-state index contributed by atoms with van der Waals surface area (Å²) in [4.78, 5) is 4.25. The molecule has 1 aromatic heterocycles. The number of benzene rings is 1. The van der Waals surface area contributed by atoms with Gasteiger partial charge < -0.3 is 20.1 Å². The number of hydrogen-bond acceptors (Lipinski definition) is 6. The molecule has 3 rings (SSSR count). The second-order valence-corrected chi connectivity index (χ2v) is 4.76. The Morgan fingerprint density at radius 1 is 1.26 bits per heavy atom. The molecule has 0 bridgehead atoms. The Morgan fingerprint density at radius 3 is 2.79 bits per heavy atom. The van der Waals surface area contributed by atoms with Crippen molar-refractivity contribution in [3.05, 3.63) is 30.2 Å². The second-order valence-electron chi connectivity index (χ2n) is 4.76. The number of aromatic nitrogens is 2. The zero-order valence-corrected chi connectivity index (χ0v) is 10.3. The van der Waals surface area contributed by atoms with Gasteiger partial charge in [0.1, 0.15) is 11.4 Å². The van der Waals surface area contributed by atoms with Gasteiger partial charge in [-0.3, -0.25) is 0 Å². The predicted molar refractivity (Wildman–Crippen MR) is 67.4 cm³/mol. The van der Waals surface area contributed by atoms with E-state index in [-0.39, 0.29) is 11.6 Å². The highest BCUT2D eigenvalue weighted by molar-refractivity contribution is 5.56. The number of phenolic OH excluding ortho intramolecular Hbond substituents is 1. The average Bonchev–Trinajstić information content (AvgIpc) is 2.90. The highest BCUT2D eigenvalue weighted by Gasteiger charge is 2.37. The molecule has 6 heteroatoms. The molecular weight excluding hydrogens is 246 g/mol. The van der Waals surface area contributed by atoms with Gasteiger partial charge in [0.2, 0.25) is 5.82 Å². The monoisotopic (exact) mass is 261 g/mol. The van der Waals surface area contributed by atoms with Crippen LogP contribution in [0.15, 0.2) is 28.8 Å². The van der Waals surface area contributed by atoms with E-state index in [1.54, 1.807) is 24.3 Å². The molecule has 1 saturated heterocycles. The van der Waals surface area contributed by atoms with Crippen molar-refractivity contribution in [2.75, 3.05) is 13.1 Å². The summed E-state index contributed by atoms with van der Waals surface area (Å²) >= 11 is 0. The number of rotatable bonds is 2. The minimum atomic E-state index is -1.05. The van der Waals surface area contributed by atoms with E-state index in [4.69, 9.17) is 4.52 Å². The summed E-state index contributed by atoms with van der Waals surface area (Å²) in [5.41, 5.74) is -0.389. The molecule has 0 atom stereocenters. The second kappa shape index (κ2) is 4.64. The van der Waals surface area contributed by atoms with Gasteiger partial charge in [-0.15, -0.1) is 0 Å². The van der Waals surface area contributed by atoms with Gasteiger partial charge in [-0.2, -0.15) is 4.98 Å². The molecule has 0 amide bonds. The van der Waals surface area contributed by atoms with E-state index < -0.39 is 5.60 Å². The molecule has 0 spiro atoms. The molecular formula is C13H15N3O3. The van der Waals surface area contributed by atoms with Crippen molar-refractivity contribution in [2.45, 2.75) is 18.4 Å². The third-order valence-corrected chi connectivity index (χ3v) is 3.36. The Hall–Kier alpha value is -1.92. The molecule has 1 fully saturated rings. The Kier molecular flexibility index (Phi) is 2.96. The first-order chi connectivity index (χ1) is 9.17. The fourth-order valence-electron chi connectivity index (χ4n) is 2.23. The number of phenols is 1. The number of piperidine rings is 1. The quantitative estimate of drug-likeness (QED) is 0.747. The lowest BCUT2D eigenvalue weighted by molar-refractivity contribution is -0.0228. The van der Waals surface area contributed by atoms with Gasteiger partial charge in [0.05, 0.1) is 0 Å². The van der Waals surface area contributed by atoms with Crippen molar-refractivity contribution < 1.29 is 14.7 Å². The zero-order chi connectivity index (χ0) is 13.3. The van der Waals surface area contributed by atoms with E-state index in [0.29, 0.717) is 24.2 Å². The normalized spacial score (nSPS) is 18.4. The molecule has 0 radical (unpaired) electrons. The van der Waals surface area contributed by atoms with Crippen molar-refractivity contribution in [2.24, 2.45) is 0 Å². The summed E-state index contributed by atoms with van der Waals surface area (Å²) in [6.07, 6.45) is 1.10. The Morgan fingerprint density at radius 2 is 2.05 bits per heavy atom. The molecule has 0 unspecified atom stereocenters. The van der Waals surface area contributed by atoms with Gasteiger partial charge in [0.25, 0.3) is 5.89 Å². The Bertz CT molecular complexity index is 576. The molecule has 2 aromatic rings. The van der Waals surface area contributed by atoms with Gasteiger partial charge in [-0.05, 0) is 38.1 Å². The van der Waals surface area contributed by atoms with Gasteiger partial charge in [-0.25, -0.2) is 0 Å². The molecule has 1 aromatic carbocycles. The SMILES string of the molecule is Oc1cccc(-c2noc(C3(O)CCNCC3)n2)c1. The van der Waals surface area contributed by atoms with Crippen molar-refractivity contribution in [3.8, 4) is 17.1 Å². The van der Waals surface area contributed by atoms with Crippen LogP contribution in [0.3, 0.4) is 0 Å². The summed E-state index contributed by atoms with van der Waals surface area (Å²) in [5, 5.41) is 27.0. The number of aliphatic hydroxyl groups is 1. The van der Waals surface area contributed by atoms with Crippen LogP contribution in [0.25, 0.3) is 11.4 Å². The molecule has 3 N–H and O–H groups in total. The van der Waals surface area contributed by atoms with Crippen molar-refractivity contribution in [1.82, 2.24) is 15.5 Å².